The Bertz CT molecular complexity index is 473. The predicted octanol–water partition coefficient (Wildman–Crippen LogP) is 4.54. The van der Waals surface area contributed by atoms with Crippen molar-refractivity contribution in [3.8, 4) is 0 Å². The Morgan fingerprint density at radius 2 is 2.00 bits per heavy atom. The van der Waals surface area contributed by atoms with Crippen LogP contribution >= 0.6 is 0 Å². The molecule has 0 amide bonds. The maximum Gasteiger partial charge on any atom is 0.303 e. The SMILES string of the molecule is CCCCC(C)CCC(O)[C@H]1[C@H]2C/C(=C\CCCC(=O)O)C[C@H]2C[C@H]1O. The van der Waals surface area contributed by atoms with E-state index in [1.807, 2.05) is 0 Å². The molecule has 2 aliphatic carbocycles. The fourth-order valence-corrected chi connectivity index (χ4v) is 5.11. The third kappa shape index (κ3) is 6.09. The molecule has 0 aromatic rings. The summed E-state index contributed by atoms with van der Waals surface area (Å²) < 4.78 is 0. The number of carbonyl (C=O) groups is 1. The van der Waals surface area contributed by atoms with Gasteiger partial charge in [0.15, 0.2) is 0 Å². The van der Waals surface area contributed by atoms with Gasteiger partial charge in [-0.2, -0.15) is 0 Å². The number of allylic oxidation sites excluding steroid dienone is 2. The Morgan fingerprint density at radius 1 is 1.23 bits per heavy atom. The molecule has 2 fully saturated rings. The lowest BCUT2D eigenvalue weighted by Gasteiger charge is -2.27. The van der Waals surface area contributed by atoms with E-state index in [2.05, 4.69) is 19.9 Å². The summed E-state index contributed by atoms with van der Waals surface area (Å²) in [6, 6.07) is 0. The first-order valence-corrected chi connectivity index (χ1v) is 10.7. The minimum atomic E-state index is -0.730. The molecule has 4 heteroatoms. The topological polar surface area (TPSA) is 77.8 Å². The molecule has 26 heavy (non-hydrogen) atoms. The van der Waals surface area contributed by atoms with Crippen molar-refractivity contribution in [2.75, 3.05) is 0 Å². The van der Waals surface area contributed by atoms with Crippen LogP contribution in [0.2, 0.25) is 0 Å². The molecule has 0 aromatic carbocycles. The average Bonchev–Trinajstić information content (AvgIpc) is 3.10. The van der Waals surface area contributed by atoms with Crippen LogP contribution in [0.3, 0.4) is 0 Å². The van der Waals surface area contributed by atoms with Crippen molar-refractivity contribution in [3.63, 3.8) is 0 Å². The first-order valence-electron chi connectivity index (χ1n) is 10.7. The van der Waals surface area contributed by atoms with E-state index < -0.39 is 12.1 Å². The van der Waals surface area contributed by atoms with E-state index >= 15 is 0 Å². The highest BCUT2D eigenvalue weighted by molar-refractivity contribution is 5.66. The van der Waals surface area contributed by atoms with Crippen LogP contribution in [0.25, 0.3) is 0 Å². The van der Waals surface area contributed by atoms with Gasteiger partial charge in [-0.05, 0) is 62.7 Å². The molecule has 2 rings (SSSR count). The summed E-state index contributed by atoms with van der Waals surface area (Å²) in [4.78, 5) is 10.6. The van der Waals surface area contributed by atoms with Gasteiger partial charge in [-0.25, -0.2) is 0 Å². The standard InChI is InChI=1S/C22H38O4/c1-3-4-7-15(2)10-11-19(23)22-18-13-16(8-5-6-9-21(25)26)12-17(18)14-20(22)24/h8,15,17-20,22-24H,3-7,9-14H2,1-2H3,(H,25,26)/b16-8-/t15?,17-,18-,19?,20+,22+/m0/s1. The van der Waals surface area contributed by atoms with Gasteiger partial charge in [-0.15, -0.1) is 0 Å². The smallest absolute Gasteiger partial charge is 0.303 e. The Morgan fingerprint density at radius 3 is 2.69 bits per heavy atom. The van der Waals surface area contributed by atoms with Crippen molar-refractivity contribution in [3.05, 3.63) is 11.6 Å². The normalized spacial score (nSPS) is 31.9. The zero-order valence-corrected chi connectivity index (χ0v) is 16.6. The van der Waals surface area contributed by atoms with Crippen LogP contribution in [0.5, 0.6) is 0 Å². The first-order chi connectivity index (χ1) is 12.4. The van der Waals surface area contributed by atoms with E-state index in [0.717, 1.165) is 38.5 Å². The molecule has 0 saturated heterocycles. The van der Waals surface area contributed by atoms with Crippen LogP contribution in [0.15, 0.2) is 11.6 Å². The lowest BCUT2D eigenvalue weighted by atomic mass is 9.83. The zero-order chi connectivity index (χ0) is 19.1. The zero-order valence-electron chi connectivity index (χ0n) is 16.6. The molecule has 0 heterocycles. The van der Waals surface area contributed by atoms with Crippen molar-refractivity contribution in [1.82, 2.24) is 0 Å². The minimum Gasteiger partial charge on any atom is -0.481 e. The lowest BCUT2D eigenvalue weighted by Crippen LogP contribution is -2.32. The minimum absolute atomic E-state index is 0.0169. The van der Waals surface area contributed by atoms with Gasteiger partial charge in [0, 0.05) is 12.3 Å². The second-order valence-corrected chi connectivity index (χ2v) is 8.75. The van der Waals surface area contributed by atoms with Crippen LogP contribution in [0, 0.1) is 23.7 Å². The molecule has 3 N–H and O–H groups in total. The largest absolute Gasteiger partial charge is 0.481 e. The van der Waals surface area contributed by atoms with Gasteiger partial charge in [-0.3, -0.25) is 4.79 Å². The maximum absolute atomic E-state index is 10.8. The predicted molar refractivity (Wildman–Crippen MR) is 104 cm³/mol. The summed E-state index contributed by atoms with van der Waals surface area (Å²) in [6.45, 7) is 4.48. The molecular formula is C22H38O4. The van der Waals surface area contributed by atoms with Crippen molar-refractivity contribution in [1.29, 1.82) is 0 Å². The van der Waals surface area contributed by atoms with E-state index in [9.17, 15) is 15.0 Å². The summed E-state index contributed by atoms with van der Waals surface area (Å²) in [7, 11) is 0. The summed E-state index contributed by atoms with van der Waals surface area (Å²) in [5.74, 6) is 0.825. The molecule has 150 valence electrons. The quantitative estimate of drug-likeness (QED) is 0.370. The Balaban J connectivity index is 1.82. The van der Waals surface area contributed by atoms with E-state index in [1.165, 1.54) is 24.8 Å². The molecule has 2 saturated carbocycles. The number of hydrogen-bond acceptors (Lipinski definition) is 3. The van der Waals surface area contributed by atoms with E-state index in [-0.39, 0.29) is 18.4 Å². The number of aliphatic hydroxyl groups is 2. The molecule has 0 radical (unpaired) electrons. The number of rotatable bonds is 11. The van der Waals surface area contributed by atoms with Crippen LogP contribution in [-0.2, 0) is 4.79 Å². The molecule has 2 aliphatic rings. The molecule has 4 nitrogen and oxygen atoms in total. The van der Waals surface area contributed by atoms with E-state index in [1.54, 1.807) is 0 Å². The Hall–Kier alpha value is -0.870. The second kappa shape index (κ2) is 10.5. The van der Waals surface area contributed by atoms with Crippen LogP contribution in [-0.4, -0.2) is 33.5 Å². The highest BCUT2D eigenvalue weighted by Gasteiger charge is 2.48. The van der Waals surface area contributed by atoms with E-state index in [0.29, 0.717) is 24.2 Å². The first kappa shape index (κ1) is 21.4. The average molecular weight is 367 g/mol. The number of fused-ring (bicyclic) bond motifs is 1. The van der Waals surface area contributed by atoms with E-state index in [4.69, 9.17) is 5.11 Å². The summed E-state index contributed by atoms with van der Waals surface area (Å²) in [6.07, 6.45) is 11.6. The van der Waals surface area contributed by atoms with Crippen LogP contribution < -0.4 is 0 Å². The number of carboxylic acids is 1. The highest BCUT2D eigenvalue weighted by atomic mass is 16.4. The summed E-state index contributed by atoms with van der Waals surface area (Å²) in [5, 5.41) is 30.0. The molecule has 0 spiro atoms. The molecule has 0 bridgehead atoms. The maximum atomic E-state index is 10.8. The van der Waals surface area contributed by atoms with Gasteiger partial charge in [0.25, 0.3) is 0 Å². The van der Waals surface area contributed by atoms with Gasteiger partial charge in [0.2, 0.25) is 0 Å². The van der Waals surface area contributed by atoms with Crippen molar-refractivity contribution >= 4 is 5.97 Å². The van der Waals surface area contributed by atoms with Gasteiger partial charge in [-0.1, -0.05) is 44.8 Å². The third-order valence-corrected chi connectivity index (χ3v) is 6.59. The third-order valence-electron chi connectivity index (χ3n) is 6.59. The fraction of sp³-hybridized carbons (Fsp3) is 0.864. The highest BCUT2D eigenvalue weighted by Crippen LogP contribution is 2.51. The van der Waals surface area contributed by atoms with Crippen molar-refractivity contribution in [2.45, 2.75) is 96.7 Å². The Kier molecular flexibility index (Phi) is 8.62. The van der Waals surface area contributed by atoms with Gasteiger partial charge in [0.05, 0.1) is 12.2 Å². The number of carboxylic acid groups (broad SMARTS) is 1. The van der Waals surface area contributed by atoms with Crippen LogP contribution in [0.4, 0.5) is 0 Å². The second-order valence-electron chi connectivity index (χ2n) is 8.75. The molecule has 6 atom stereocenters. The molecule has 0 aliphatic heterocycles. The summed E-state index contributed by atoms with van der Waals surface area (Å²) >= 11 is 0. The van der Waals surface area contributed by atoms with Gasteiger partial charge < -0.3 is 15.3 Å². The number of aliphatic carboxylic acids is 1. The van der Waals surface area contributed by atoms with Gasteiger partial charge in [0.1, 0.15) is 0 Å². The van der Waals surface area contributed by atoms with Crippen LogP contribution in [0.1, 0.15) is 84.5 Å². The summed E-state index contributed by atoms with van der Waals surface area (Å²) in [5.41, 5.74) is 1.41. The monoisotopic (exact) mass is 366 g/mol. The van der Waals surface area contributed by atoms with Crippen molar-refractivity contribution < 1.29 is 20.1 Å². The van der Waals surface area contributed by atoms with Crippen molar-refractivity contribution in [2.24, 2.45) is 23.7 Å². The Labute approximate surface area is 158 Å². The number of unbranched alkanes of at least 4 members (excludes halogenated alkanes) is 2. The number of aliphatic hydroxyl groups excluding tert-OH is 2. The lowest BCUT2D eigenvalue weighted by molar-refractivity contribution is -0.137. The number of hydrogen-bond donors (Lipinski definition) is 3. The molecule has 0 aromatic heterocycles. The van der Waals surface area contributed by atoms with Gasteiger partial charge >= 0.3 is 5.97 Å². The molecule has 2 unspecified atom stereocenters. The fourth-order valence-electron chi connectivity index (χ4n) is 5.11. The molecular weight excluding hydrogens is 328 g/mol.